The molecule has 1 unspecified atom stereocenters. The predicted molar refractivity (Wildman–Crippen MR) is 111 cm³/mol. The van der Waals surface area contributed by atoms with Crippen molar-refractivity contribution in [2.75, 3.05) is 6.61 Å². The first kappa shape index (κ1) is 21.0. The van der Waals surface area contributed by atoms with E-state index in [2.05, 4.69) is 20.8 Å². The Morgan fingerprint density at radius 1 is 0.889 bits per heavy atom. The van der Waals surface area contributed by atoms with E-state index < -0.39 is 0 Å². The summed E-state index contributed by atoms with van der Waals surface area (Å²) in [5, 5.41) is 0. The highest BCUT2D eigenvalue weighted by molar-refractivity contribution is 5.91. The van der Waals surface area contributed by atoms with Crippen LogP contribution in [-0.2, 0) is 6.42 Å². The van der Waals surface area contributed by atoms with Crippen molar-refractivity contribution in [3.05, 3.63) is 59.7 Å². The van der Waals surface area contributed by atoms with Crippen LogP contribution in [0.5, 0.6) is 11.5 Å². The van der Waals surface area contributed by atoms with Gasteiger partial charge in [0.05, 0.1) is 12.2 Å². The van der Waals surface area contributed by atoms with Gasteiger partial charge in [0.25, 0.3) is 0 Å². The van der Waals surface area contributed by atoms with Crippen LogP contribution in [0.15, 0.2) is 48.5 Å². The minimum absolute atomic E-state index is 0.348. The van der Waals surface area contributed by atoms with E-state index in [0.29, 0.717) is 23.8 Å². The van der Waals surface area contributed by atoms with Crippen molar-refractivity contribution in [1.82, 2.24) is 0 Å². The Hall–Kier alpha value is -2.29. The average molecular weight is 369 g/mol. The van der Waals surface area contributed by atoms with Gasteiger partial charge in [-0.25, -0.2) is 4.79 Å². The molecule has 2 aromatic rings. The number of carbonyl (C=O) groups is 1. The summed E-state index contributed by atoms with van der Waals surface area (Å²) in [6, 6.07) is 14.9. The van der Waals surface area contributed by atoms with Gasteiger partial charge in [-0.1, -0.05) is 58.6 Å². The van der Waals surface area contributed by atoms with Crippen molar-refractivity contribution in [2.24, 2.45) is 5.92 Å². The van der Waals surface area contributed by atoms with Crippen molar-refractivity contribution in [3.63, 3.8) is 0 Å². The molecule has 0 heterocycles. The zero-order valence-electron chi connectivity index (χ0n) is 16.9. The third-order valence-electron chi connectivity index (χ3n) is 4.77. The van der Waals surface area contributed by atoms with Gasteiger partial charge in [0.15, 0.2) is 0 Å². The van der Waals surface area contributed by atoms with Crippen molar-refractivity contribution in [3.8, 4) is 11.5 Å². The summed E-state index contributed by atoms with van der Waals surface area (Å²) in [5.41, 5.74) is 1.79. The number of hydrogen-bond acceptors (Lipinski definition) is 3. The summed E-state index contributed by atoms with van der Waals surface area (Å²) in [5.74, 6) is 1.67. The monoisotopic (exact) mass is 368 g/mol. The van der Waals surface area contributed by atoms with E-state index in [4.69, 9.17) is 9.47 Å². The van der Waals surface area contributed by atoms with Crippen molar-refractivity contribution >= 4 is 5.97 Å². The van der Waals surface area contributed by atoms with Crippen LogP contribution in [0.25, 0.3) is 0 Å². The lowest BCUT2D eigenvalue weighted by Crippen LogP contribution is -2.08. The molecule has 1 atom stereocenters. The van der Waals surface area contributed by atoms with Gasteiger partial charge in [0.1, 0.15) is 11.5 Å². The maximum Gasteiger partial charge on any atom is 0.343 e. The summed E-state index contributed by atoms with van der Waals surface area (Å²) in [6.45, 7) is 7.35. The molecule has 3 heteroatoms. The minimum atomic E-state index is -0.348. The molecular formula is C24H32O3. The van der Waals surface area contributed by atoms with E-state index in [1.165, 1.54) is 24.8 Å². The smallest absolute Gasteiger partial charge is 0.343 e. The summed E-state index contributed by atoms with van der Waals surface area (Å²) in [6.07, 6.45) is 6.92. The van der Waals surface area contributed by atoms with Crippen LogP contribution < -0.4 is 9.47 Å². The number of carbonyl (C=O) groups excluding carboxylic acids is 1. The van der Waals surface area contributed by atoms with Crippen LogP contribution in [0.3, 0.4) is 0 Å². The van der Waals surface area contributed by atoms with E-state index in [-0.39, 0.29) is 5.97 Å². The molecule has 0 aliphatic carbocycles. The standard InChI is InChI=1S/C24H32O3/c1-4-6-7-8-17-26-22-15-11-21(12-16-22)24(25)27-23-13-9-20(10-14-23)18-19(3)5-2/h9-16,19H,4-8,17-18H2,1-3H3. The van der Waals surface area contributed by atoms with E-state index in [9.17, 15) is 4.79 Å². The van der Waals surface area contributed by atoms with Gasteiger partial charge in [-0.2, -0.15) is 0 Å². The van der Waals surface area contributed by atoms with E-state index in [0.717, 1.165) is 25.0 Å². The van der Waals surface area contributed by atoms with Gasteiger partial charge in [-0.3, -0.25) is 0 Å². The average Bonchev–Trinajstić information content (AvgIpc) is 2.69. The molecule has 3 nitrogen and oxygen atoms in total. The fraction of sp³-hybridized carbons (Fsp3) is 0.458. The molecule has 27 heavy (non-hydrogen) atoms. The fourth-order valence-electron chi connectivity index (χ4n) is 2.81. The Labute approximate surface area is 163 Å². The van der Waals surface area contributed by atoms with Gasteiger partial charge in [0, 0.05) is 0 Å². The van der Waals surface area contributed by atoms with Crippen LogP contribution in [0.4, 0.5) is 0 Å². The second kappa shape index (κ2) is 11.4. The number of hydrogen-bond donors (Lipinski definition) is 0. The third kappa shape index (κ3) is 7.46. The Balaban J connectivity index is 1.83. The third-order valence-corrected chi connectivity index (χ3v) is 4.77. The molecule has 0 N–H and O–H groups in total. The first-order valence-corrected chi connectivity index (χ1v) is 10.2. The Bertz CT molecular complexity index is 674. The van der Waals surface area contributed by atoms with Gasteiger partial charge in [0.2, 0.25) is 0 Å². The number of benzene rings is 2. The lowest BCUT2D eigenvalue weighted by molar-refractivity contribution is 0.0734. The fourth-order valence-corrected chi connectivity index (χ4v) is 2.81. The van der Waals surface area contributed by atoms with Crippen LogP contribution in [-0.4, -0.2) is 12.6 Å². The van der Waals surface area contributed by atoms with E-state index >= 15 is 0 Å². The molecule has 0 aliphatic rings. The molecule has 0 aliphatic heterocycles. The van der Waals surface area contributed by atoms with E-state index in [1.807, 2.05) is 36.4 Å². The number of rotatable bonds is 11. The predicted octanol–water partition coefficient (Wildman–Crippen LogP) is 6.45. The highest BCUT2D eigenvalue weighted by atomic mass is 16.5. The molecule has 2 rings (SSSR count). The quantitative estimate of drug-likeness (QED) is 0.260. The molecule has 0 saturated carbocycles. The summed E-state index contributed by atoms with van der Waals surface area (Å²) >= 11 is 0. The molecule has 0 bridgehead atoms. The van der Waals surface area contributed by atoms with Crippen molar-refractivity contribution in [2.45, 2.75) is 59.3 Å². The Morgan fingerprint density at radius 3 is 2.19 bits per heavy atom. The van der Waals surface area contributed by atoms with Crippen LogP contribution >= 0.6 is 0 Å². The molecular weight excluding hydrogens is 336 g/mol. The highest BCUT2D eigenvalue weighted by Crippen LogP contribution is 2.19. The number of ether oxygens (including phenoxy) is 2. The highest BCUT2D eigenvalue weighted by Gasteiger charge is 2.09. The van der Waals surface area contributed by atoms with Crippen LogP contribution in [0.2, 0.25) is 0 Å². The zero-order chi connectivity index (χ0) is 19.5. The Kier molecular flexibility index (Phi) is 8.90. The normalized spacial score (nSPS) is 11.8. The molecule has 0 radical (unpaired) electrons. The van der Waals surface area contributed by atoms with Gasteiger partial charge in [-0.05, 0) is 60.7 Å². The van der Waals surface area contributed by atoms with E-state index in [1.54, 1.807) is 12.1 Å². The molecule has 2 aromatic carbocycles. The second-order valence-electron chi connectivity index (χ2n) is 7.18. The van der Waals surface area contributed by atoms with Gasteiger partial charge >= 0.3 is 5.97 Å². The number of unbranched alkanes of at least 4 members (excludes halogenated alkanes) is 3. The molecule has 0 amide bonds. The Morgan fingerprint density at radius 2 is 1.56 bits per heavy atom. The molecule has 0 spiro atoms. The first-order valence-electron chi connectivity index (χ1n) is 10.2. The van der Waals surface area contributed by atoms with Gasteiger partial charge < -0.3 is 9.47 Å². The summed E-state index contributed by atoms with van der Waals surface area (Å²) < 4.78 is 11.2. The lowest BCUT2D eigenvalue weighted by atomic mass is 9.99. The molecule has 0 fully saturated rings. The molecule has 0 aromatic heterocycles. The lowest BCUT2D eigenvalue weighted by Gasteiger charge is -2.10. The molecule has 0 saturated heterocycles. The van der Waals surface area contributed by atoms with Crippen LogP contribution in [0, 0.1) is 5.92 Å². The topological polar surface area (TPSA) is 35.5 Å². The minimum Gasteiger partial charge on any atom is -0.494 e. The SMILES string of the molecule is CCCCCCOc1ccc(C(=O)Oc2ccc(CC(C)CC)cc2)cc1. The second-order valence-corrected chi connectivity index (χ2v) is 7.18. The first-order chi connectivity index (χ1) is 13.1. The van der Waals surface area contributed by atoms with Gasteiger partial charge in [-0.15, -0.1) is 0 Å². The maximum absolute atomic E-state index is 12.3. The maximum atomic E-state index is 12.3. The van der Waals surface area contributed by atoms with Crippen molar-refractivity contribution in [1.29, 1.82) is 0 Å². The number of esters is 1. The summed E-state index contributed by atoms with van der Waals surface area (Å²) in [7, 11) is 0. The summed E-state index contributed by atoms with van der Waals surface area (Å²) in [4.78, 5) is 12.3. The van der Waals surface area contributed by atoms with Crippen LogP contribution in [0.1, 0.15) is 68.8 Å². The molecule has 146 valence electrons. The van der Waals surface area contributed by atoms with Crippen molar-refractivity contribution < 1.29 is 14.3 Å². The zero-order valence-corrected chi connectivity index (χ0v) is 16.9. The largest absolute Gasteiger partial charge is 0.494 e.